The molecule has 0 heterocycles. The Labute approximate surface area is 125 Å². The first-order chi connectivity index (χ1) is 9.81. The minimum Gasteiger partial charge on any atom is -0.0848 e. The van der Waals surface area contributed by atoms with Gasteiger partial charge in [-0.2, -0.15) is 0 Å². The van der Waals surface area contributed by atoms with E-state index in [2.05, 4.69) is 26.0 Å². The average Bonchev–Trinajstić information content (AvgIpc) is 3.20. The lowest BCUT2D eigenvalue weighted by Crippen LogP contribution is -2.31. The van der Waals surface area contributed by atoms with E-state index in [-0.39, 0.29) is 0 Å². The van der Waals surface area contributed by atoms with Crippen molar-refractivity contribution in [2.45, 2.75) is 65.2 Å². The third-order valence-corrected chi connectivity index (χ3v) is 7.63. The van der Waals surface area contributed by atoms with Crippen LogP contribution >= 0.6 is 0 Å². The van der Waals surface area contributed by atoms with Crippen molar-refractivity contribution in [1.29, 1.82) is 0 Å². The van der Waals surface area contributed by atoms with E-state index in [1.54, 1.807) is 19.3 Å². The summed E-state index contributed by atoms with van der Waals surface area (Å²) in [7, 11) is 0. The van der Waals surface area contributed by atoms with E-state index in [1.807, 2.05) is 0 Å². The lowest BCUT2D eigenvalue weighted by atomic mass is 9.68. The Hall–Kier alpha value is -0.260. The van der Waals surface area contributed by atoms with E-state index < -0.39 is 0 Å². The molecule has 8 atom stereocenters. The highest BCUT2D eigenvalue weighted by Crippen LogP contribution is 2.67. The molecule has 0 amide bonds. The predicted octanol–water partition coefficient (Wildman–Crippen LogP) is 5.69. The van der Waals surface area contributed by atoms with Crippen LogP contribution in [0.25, 0.3) is 0 Å². The molecule has 8 unspecified atom stereocenters. The molecule has 0 saturated heterocycles. The summed E-state index contributed by atoms with van der Waals surface area (Å²) in [5, 5.41) is 0. The molecular weight excluding hydrogens is 240 g/mol. The van der Waals surface area contributed by atoms with Crippen LogP contribution in [0, 0.1) is 47.3 Å². The van der Waals surface area contributed by atoms with E-state index in [9.17, 15) is 0 Å². The van der Waals surface area contributed by atoms with Crippen LogP contribution in [0.4, 0.5) is 0 Å². The molecule has 112 valence electrons. The van der Waals surface area contributed by atoms with Gasteiger partial charge in [0.25, 0.3) is 0 Å². The molecule has 3 fully saturated rings. The van der Waals surface area contributed by atoms with Gasteiger partial charge >= 0.3 is 0 Å². The predicted molar refractivity (Wildman–Crippen MR) is 85.3 cm³/mol. The monoisotopic (exact) mass is 272 g/mol. The number of rotatable bonds is 6. The molecule has 0 aromatic heterocycles. The van der Waals surface area contributed by atoms with Gasteiger partial charge in [0.2, 0.25) is 0 Å². The minimum atomic E-state index is 1.00. The van der Waals surface area contributed by atoms with Crippen LogP contribution < -0.4 is 0 Å². The van der Waals surface area contributed by atoms with Gasteiger partial charge in [-0.25, -0.2) is 0 Å². The largest absolute Gasteiger partial charge is 0.0848 e. The average molecular weight is 272 g/mol. The van der Waals surface area contributed by atoms with Crippen LogP contribution in [0.15, 0.2) is 12.2 Å². The van der Waals surface area contributed by atoms with Gasteiger partial charge in [0.15, 0.2) is 0 Å². The van der Waals surface area contributed by atoms with Crippen molar-refractivity contribution in [3.63, 3.8) is 0 Å². The van der Waals surface area contributed by atoms with Gasteiger partial charge < -0.3 is 0 Å². The van der Waals surface area contributed by atoms with Gasteiger partial charge in [0, 0.05) is 0 Å². The number of fused-ring (bicyclic) bond motifs is 9. The molecular formula is C20H32. The Balaban J connectivity index is 1.37. The van der Waals surface area contributed by atoms with Gasteiger partial charge in [-0.05, 0) is 73.0 Å². The van der Waals surface area contributed by atoms with Crippen LogP contribution in [0.2, 0.25) is 0 Å². The molecule has 20 heavy (non-hydrogen) atoms. The number of allylic oxidation sites excluding steroid dienone is 2. The van der Waals surface area contributed by atoms with E-state index in [4.69, 9.17) is 0 Å². The summed E-state index contributed by atoms with van der Waals surface area (Å²) < 4.78 is 0. The molecule has 0 aromatic rings. The maximum Gasteiger partial charge on any atom is -0.0194 e. The Morgan fingerprint density at radius 3 is 2.50 bits per heavy atom. The smallest absolute Gasteiger partial charge is 0.0194 e. The third-order valence-electron chi connectivity index (χ3n) is 7.63. The molecule has 3 saturated carbocycles. The Morgan fingerprint density at radius 2 is 1.75 bits per heavy atom. The second-order valence-corrected chi connectivity index (χ2v) is 8.40. The summed E-state index contributed by atoms with van der Waals surface area (Å²) in [6.07, 6.45) is 17.3. The standard InChI is InChI=1S/C20H32/c1-3-5-13(4-2)6-7-14-10-17-12-18(14)20-16-9-8-15(11-16)19(17)20/h8-9,13-20H,3-7,10-12H2,1-2H3. The number of hydrogen-bond donors (Lipinski definition) is 0. The van der Waals surface area contributed by atoms with E-state index in [1.165, 1.54) is 32.1 Å². The molecule has 0 spiro atoms. The first kappa shape index (κ1) is 13.4. The normalized spacial score (nSPS) is 49.0. The SMILES string of the molecule is CCCC(CC)CCC1CC2CC1C1C3C=CC(C3)C21. The van der Waals surface area contributed by atoms with Crippen LogP contribution in [0.5, 0.6) is 0 Å². The third kappa shape index (κ3) is 1.93. The fraction of sp³-hybridized carbons (Fsp3) is 0.900. The highest BCUT2D eigenvalue weighted by Gasteiger charge is 2.60. The summed E-state index contributed by atoms with van der Waals surface area (Å²) >= 11 is 0. The van der Waals surface area contributed by atoms with Crippen LogP contribution in [-0.4, -0.2) is 0 Å². The van der Waals surface area contributed by atoms with Gasteiger partial charge in [-0.1, -0.05) is 51.7 Å². The molecule has 0 aliphatic heterocycles. The molecule has 4 bridgehead atoms. The molecule has 0 radical (unpaired) electrons. The highest BCUT2D eigenvalue weighted by atomic mass is 14.6. The maximum absolute atomic E-state index is 2.59. The van der Waals surface area contributed by atoms with Crippen molar-refractivity contribution in [2.75, 3.05) is 0 Å². The zero-order chi connectivity index (χ0) is 13.7. The fourth-order valence-electron chi connectivity index (χ4n) is 6.90. The summed E-state index contributed by atoms with van der Waals surface area (Å²) in [4.78, 5) is 0. The molecule has 0 heteroatoms. The molecule has 0 aromatic carbocycles. The molecule has 0 N–H and O–H groups in total. The Bertz CT molecular complexity index is 381. The highest BCUT2D eigenvalue weighted by molar-refractivity contribution is 5.20. The lowest BCUT2D eigenvalue weighted by Gasteiger charge is -2.37. The van der Waals surface area contributed by atoms with Gasteiger partial charge in [-0.3, -0.25) is 0 Å². The first-order valence-corrected chi connectivity index (χ1v) is 9.50. The van der Waals surface area contributed by atoms with Gasteiger partial charge in [-0.15, -0.1) is 0 Å². The van der Waals surface area contributed by atoms with Crippen molar-refractivity contribution in [1.82, 2.24) is 0 Å². The number of hydrogen-bond acceptors (Lipinski definition) is 0. The molecule has 4 aliphatic carbocycles. The lowest BCUT2D eigenvalue weighted by molar-refractivity contribution is 0.138. The van der Waals surface area contributed by atoms with E-state index in [0.717, 1.165) is 47.3 Å². The summed E-state index contributed by atoms with van der Waals surface area (Å²) in [5.41, 5.74) is 0. The second kappa shape index (κ2) is 5.18. The van der Waals surface area contributed by atoms with Crippen molar-refractivity contribution < 1.29 is 0 Å². The second-order valence-electron chi connectivity index (χ2n) is 8.40. The topological polar surface area (TPSA) is 0 Å². The van der Waals surface area contributed by atoms with Gasteiger partial charge in [0.1, 0.15) is 0 Å². The van der Waals surface area contributed by atoms with Crippen molar-refractivity contribution in [3.05, 3.63) is 12.2 Å². The Kier molecular flexibility index (Phi) is 3.47. The fourth-order valence-corrected chi connectivity index (χ4v) is 6.90. The van der Waals surface area contributed by atoms with Crippen LogP contribution in [-0.2, 0) is 0 Å². The summed E-state index contributed by atoms with van der Waals surface area (Å²) in [6.45, 7) is 4.75. The molecule has 4 aliphatic rings. The van der Waals surface area contributed by atoms with E-state index in [0.29, 0.717) is 0 Å². The van der Waals surface area contributed by atoms with Crippen molar-refractivity contribution in [2.24, 2.45) is 47.3 Å². The van der Waals surface area contributed by atoms with Crippen molar-refractivity contribution >= 4 is 0 Å². The zero-order valence-corrected chi connectivity index (χ0v) is 13.4. The zero-order valence-electron chi connectivity index (χ0n) is 13.4. The minimum absolute atomic E-state index is 1.00. The van der Waals surface area contributed by atoms with E-state index >= 15 is 0 Å². The van der Waals surface area contributed by atoms with Crippen molar-refractivity contribution in [3.8, 4) is 0 Å². The van der Waals surface area contributed by atoms with Gasteiger partial charge in [0.05, 0.1) is 0 Å². The summed E-state index contributed by atoms with van der Waals surface area (Å²) in [5.74, 6) is 8.65. The first-order valence-electron chi connectivity index (χ1n) is 9.50. The summed E-state index contributed by atoms with van der Waals surface area (Å²) in [6, 6.07) is 0. The Morgan fingerprint density at radius 1 is 0.950 bits per heavy atom. The van der Waals surface area contributed by atoms with Crippen LogP contribution in [0.1, 0.15) is 65.2 Å². The maximum atomic E-state index is 2.59. The molecule has 4 rings (SSSR count). The quantitative estimate of drug-likeness (QED) is 0.430. The molecule has 0 nitrogen and oxygen atoms in total. The van der Waals surface area contributed by atoms with Crippen LogP contribution in [0.3, 0.4) is 0 Å².